The van der Waals surface area contributed by atoms with E-state index >= 15 is 0 Å². The van der Waals surface area contributed by atoms with Crippen molar-refractivity contribution in [1.29, 1.82) is 0 Å². The lowest BCUT2D eigenvalue weighted by molar-refractivity contribution is -0.136. The van der Waals surface area contributed by atoms with Gasteiger partial charge in [-0.2, -0.15) is 0 Å². The molecule has 5 heteroatoms. The van der Waals surface area contributed by atoms with E-state index in [1.54, 1.807) is 12.1 Å². The normalized spacial score (nSPS) is 16.3. The summed E-state index contributed by atoms with van der Waals surface area (Å²) in [6, 6.07) is 4.66. The van der Waals surface area contributed by atoms with Gasteiger partial charge in [-0.15, -0.1) is 0 Å². The summed E-state index contributed by atoms with van der Waals surface area (Å²) in [7, 11) is -3.34. The van der Waals surface area contributed by atoms with E-state index in [0.29, 0.717) is 11.1 Å². The van der Waals surface area contributed by atoms with Crippen molar-refractivity contribution in [3.63, 3.8) is 0 Å². The van der Waals surface area contributed by atoms with Crippen LogP contribution in [-0.4, -0.2) is 19.5 Å². The minimum absolute atomic E-state index is 0.164. The van der Waals surface area contributed by atoms with Crippen molar-refractivity contribution >= 4 is 21.9 Å². The number of benzene rings is 1. The Balaban J connectivity index is 2.59. The minimum Gasteiger partial charge on any atom is -0.481 e. The molecule has 0 saturated heterocycles. The lowest BCUT2D eigenvalue weighted by Crippen LogP contribution is -2.03. The summed E-state index contributed by atoms with van der Waals surface area (Å²) >= 11 is 0. The fourth-order valence-corrected chi connectivity index (χ4v) is 2.81. The predicted molar refractivity (Wildman–Crippen MR) is 54.0 cm³/mol. The molecule has 15 heavy (non-hydrogen) atoms. The van der Waals surface area contributed by atoms with Crippen LogP contribution in [0.5, 0.6) is 0 Å². The van der Waals surface area contributed by atoms with Gasteiger partial charge in [-0.1, -0.05) is 12.1 Å². The highest BCUT2D eigenvalue weighted by molar-refractivity contribution is 7.94. The van der Waals surface area contributed by atoms with Crippen LogP contribution in [0.2, 0.25) is 0 Å². The first-order valence-electron chi connectivity index (χ1n) is 4.27. The Labute approximate surface area is 86.8 Å². The molecule has 0 saturated carbocycles. The van der Waals surface area contributed by atoms with Gasteiger partial charge in [-0.25, -0.2) is 8.42 Å². The molecule has 0 fully saturated rings. The van der Waals surface area contributed by atoms with Crippen LogP contribution < -0.4 is 0 Å². The molecule has 78 valence electrons. The Morgan fingerprint density at radius 2 is 2.07 bits per heavy atom. The molecule has 0 unspecified atom stereocenters. The van der Waals surface area contributed by atoms with Gasteiger partial charge in [0.25, 0.3) is 0 Å². The van der Waals surface area contributed by atoms with E-state index in [1.165, 1.54) is 12.1 Å². The van der Waals surface area contributed by atoms with Crippen LogP contribution in [0.15, 0.2) is 28.5 Å². The number of carboxylic acid groups (broad SMARTS) is 1. The first kappa shape index (κ1) is 9.92. The summed E-state index contributed by atoms with van der Waals surface area (Å²) in [5.74, 6) is -0.971. The molecule has 1 aromatic carbocycles. The SMILES string of the molecule is O=C(O)Cc1cccc2c1C=CS2(=O)=O. The smallest absolute Gasteiger partial charge is 0.307 e. The van der Waals surface area contributed by atoms with Crippen molar-refractivity contribution in [1.82, 2.24) is 0 Å². The maximum absolute atomic E-state index is 11.5. The molecule has 0 aromatic heterocycles. The number of aliphatic carboxylic acids is 1. The van der Waals surface area contributed by atoms with Crippen molar-refractivity contribution in [2.24, 2.45) is 0 Å². The Morgan fingerprint density at radius 3 is 2.73 bits per heavy atom. The number of hydrogen-bond acceptors (Lipinski definition) is 3. The van der Waals surface area contributed by atoms with Crippen molar-refractivity contribution in [2.45, 2.75) is 11.3 Å². The number of rotatable bonds is 2. The molecule has 1 aromatic rings. The lowest BCUT2D eigenvalue weighted by atomic mass is 10.1. The van der Waals surface area contributed by atoms with Gasteiger partial charge in [0, 0.05) is 5.41 Å². The standard InChI is InChI=1S/C10H8O4S/c11-10(12)6-7-2-1-3-9-8(7)4-5-15(9,13)14/h1-5H,6H2,(H,11,12). The largest absolute Gasteiger partial charge is 0.481 e. The zero-order chi connectivity index (χ0) is 11.1. The van der Waals surface area contributed by atoms with Crippen molar-refractivity contribution in [3.05, 3.63) is 34.7 Å². The molecular weight excluding hydrogens is 216 g/mol. The third-order valence-electron chi connectivity index (χ3n) is 2.22. The van der Waals surface area contributed by atoms with Gasteiger partial charge in [0.05, 0.1) is 11.3 Å². The third-order valence-corrected chi connectivity index (χ3v) is 3.68. The van der Waals surface area contributed by atoms with Crippen LogP contribution in [-0.2, 0) is 21.1 Å². The van der Waals surface area contributed by atoms with Gasteiger partial charge in [0.2, 0.25) is 0 Å². The predicted octanol–water partition coefficient (Wildman–Crippen LogP) is 1.07. The Kier molecular flexibility index (Phi) is 2.12. The molecule has 0 aliphatic carbocycles. The van der Waals surface area contributed by atoms with Crippen LogP contribution in [0.3, 0.4) is 0 Å². The average molecular weight is 224 g/mol. The van der Waals surface area contributed by atoms with Gasteiger partial charge in [0.15, 0.2) is 9.84 Å². The second-order valence-electron chi connectivity index (χ2n) is 3.25. The summed E-state index contributed by atoms with van der Waals surface area (Å²) in [5.41, 5.74) is 1.03. The van der Waals surface area contributed by atoms with E-state index in [9.17, 15) is 13.2 Å². The third kappa shape index (κ3) is 1.66. The fraction of sp³-hybridized carbons (Fsp3) is 0.100. The summed E-state index contributed by atoms with van der Waals surface area (Å²) in [6.45, 7) is 0. The summed E-state index contributed by atoms with van der Waals surface area (Å²) in [6.07, 6.45) is 1.28. The molecular formula is C10H8O4S. The van der Waals surface area contributed by atoms with E-state index in [4.69, 9.17) is 5.11 Å². The molecule has 1 aliphatic rings. The molecule has 1 N–H and O–H groups in total. The van der Waals surface area contributed by atoms with Gasteiger partial charge in [-0.05, 0) is 23.3 Å². The van der Waals surface area contributed by atoms with Gasteiger partial charge in [0.1, 0.15) is 0 Å². The topological polar surface area (TPSA) is 71.4 Å². The number of fused-ring (bicyclic) bond motifs is 1. The van der Waals surface area contributed by atoms with Gasteiger partial charge in [-0.3, -0.25) is 4.79 Å². The molecule has 0 spiro atoms. The Morgan fingerprint density at radius 1 is 1.33 bits per heavy atom. The molecule has 1 heterocycles. The highest BCUT2D eigenvalue weighted by Crippen LogP contribution is 2.29. The molecule has 4 nitrogen and oxygen atoms in total. The highest BCUT2D eigenvalue weighted by Gasteiger charge is 2.22. The molecule has 0 amide bonds. The van der Waals surface area contributed by atoms with E-state index in [1.807, 2.05) is 0 Å². The van der Waals surface area contributed by atoms with Crippen molar-refractivity contribution in [3.8, 4) is 0 Å². The maximum atomic E-state index is 11.5. The quantitative estimate of drug-likeness (QED) is 0.815. The molecule has 0 radical (unpaired) electrons. The summed E-state index contributed by atoms with van der Waals surface area (Å²) in [4.78, 5) is 10.8. The first-order valence-corrected chi connectivity index (χ1v) is 5.82. The van der Waals surface area contributed by atoms with Crippen LogP contribution in [0.1, 0.15) is 11.1 Å². The van der Waals surface area contributed by atoms with Crippen LogP contribution in [0.25, 0.3) is 6.08 Å². The van der Waals surface area contributed by atoms with Crippen molar-refractivity contribution < 1.29 is 18.3 Å². The van der Waals surface area contributed by atoms with E-state index in [0.717, 1.165) is 5.41 Å². The van der Waals surface area contributed by atoms with E-state index in [2.05, 4.69) is 0 Å². The average Bonchev–Trinajstić information content (AvgIpc) is 2.43. The van der Waals surface area contributed by atoms with Crippen LogP contribution >= 0.6 is 0 Å². The van der Waals surface area contributed by atoms with Crippen LogP contribution in [0.4, 0.5) is 0 Å². The second kappa shape index (κ2) is 3.20. The fourth-order valence-electron chi connectivity index (χ4n) is 1.57. The number of hydrogen-bond donors (Lipinski definition) is 1. The minimum atomic E-state index is -3.34. The maximum Gasteiger partial charge on any atom is 0.307 e. The molecule has 0 bridgehead atoms. The second-order valence-corrected chi connectivity index (χ2v) is 5.05. The van der Waals surface area contributed by atoms with Gasteiger partial charge < -0.3 is 5.11 Å². The number of carboxylic acids is 1. The van der Waals surface area contributed by atoms with Crippen LogP contribution in [0, 0.1) is 0 Å². The molecule has 2 rings (SSSR count). The monoisotopic (exact) mass is 224 g/mol. The zero-order valence-corrected chi connectivity index (χ0v) is 8.49. The molecule has 1 aliphatic heterocycles. The first-order chi connectivity index (χ1) is 7.00. The number of sulfone groups is 1. The van der Waals surface area contributed by atoms with Gasteiger partial charge >= 0.3 is 5.97 Å². The zero-order valence-electron chi connectivity index (χ0n) is 7.67. The molecule has 0 atom stereocenters. The Bertz CT molecular complexity index is 555. The summed E-state index contributed by atoms with van der Waals surface area (Å²) in [5, 5.41) is 9.75. The van der Waals surface area contributed by atoms with Crippen molar-refractivity contribution in [2.75, 3.05) is 0 Å². The number of carbonyl (C=O) groups is 1. The Hall–Kier alpha value is -1.62. The highest BCUT2D eigenvalue weighted by atomic mass is 32.2. The van der Waals surface area contributed by atoms with E-state index in [-0.39, 0.29) is 11.3 Å². The summed E-state index contributed by atoms with van der Waals surface area (Å²) < 4.78 is 22.9. The van der Waals surface area contributed by atoms with E-state index < -0.39 is 15.8 Å². The lowest BCUT2D eigenvalue weighted by Gasteiger charge is -2.03.